The van der Waals surface area contributed by atoms with Gasteiger partial charge in [0.1, 0.15) is 11.6 Å². The molecule has 0 spiro atoms. The van der Waals surface area contributed by atoms with Crippen LogP contribution in [0.4, 0.5) is 10.5 Å². The summed E-state index contributed by atoms with van der Waals surface area (Å²) in [7, 11) is -3.65. The molecule has 1 amide bonds. The number of alkyl carbamates (subject to hydrolysis) is 1. The number of benzene rings is 1. The number of amides is 1. The van der Waals surface area contributed by atoms with Crippen molar-refractivity contribution in [2.45, 2.75) is 52.7 Å². The summed E-state index contributed by atoms with van der Waals surface area (Å²) in [5.41, 5.74) is -0.416. The Morgan fingerprint density at radius 3 is 2.44 bits per heavy atom. The Morgan fingerprint density at radius 2 is 1.91 bits per heavy atom. The van der Waals surface area contributed by atoms with E-state index in [1.165, 1.54) is 18.2 Å². The van der Waals surface area contributed by atoms with Crippen LogP contribution in [-0.4, -0.2) is 54.2 Å². The van der Waals surface area contributed by atoms with Crippen LogP contribution >= 0.6 is 0 Å². The molecule has 0 saturated carbocycles. The molecule has 0 aliphatic rings. The SMILES string of the molecule is CCCN(c1cc(C(=O)O)cc(-c2nnc(C(C)NC(=O)OC(C)(C)C)o2)c1)S(C)(=O)=O. The molecule has 11 nitrogen and oxygen atoms in total. The zero-order valence-electron chi connectivity index (χ0n) is 18.9. The van der Waals surface area contributed by atoms with Gasteiger partial charge in [-0.15, -0.1) is 10.2 Å². The second-order valence-corrected chi connectivity index (χ2v) is 10.1. The summed E-state index contributed by atoms with van der Waals surface area (Å²) < 4.78 is 36.4. The van der Waals surface area contributed by atoms with E-state index in [2.05, 4.69) is 15.5 Å². The molecule has 0 bridgehead atoms. The van der Waals surface area contributed by atoms with Gasteiger partial charge in [0, 0.05) is 12.1 Å². The number of ether oxygens (including phenoxy) is 1. The number of hydrogen-bond acceptors (Lipinski definition) is 8. The smallest absolute Gasteiger partial charge is 0.408 e. The van der Waals surface area contributed by atoms with E-state index in [0.717, 1.165) is 10.6 Å². The lowest BCUT2D eigenvalue weighted by Gasteiger charge is -2.22. The number of nitrogens with one attached hydrogen (secondary N) is 1. The second kappa shape index (κ2) is 9.55. The largest absolute Gasteiger partial charge is 0.478 e. The van der Waals surface area contributed by atoms with E-state index in [1.54, 1.807) is 27.7 Å². The van der Waals surface area contributed by atoms with Crippen LogP contribution in [0, 0.1) is 0 Å². The monoisotopic (exact) mass is 468 g/mol. The number of anilines is 1. The van der Waals surface area contributed by atoms with Crippen molar-refractivity contribution in [3.63, 3.8) is 0 Å². The van der Waals surface area contributed by atoms with Crippen LogP contribution in [0.2, 0.25) is 0 Å². The van der Waals surface area contributed by atoms with E-state index >= 15 is 0 Å². The maximum Gasteiger partial charge on any atom is 0.408 e. The lowest BCUT2D eigenvalue weighted by atomic mass is 10.1. The molecule has 1 heterocycles. The van der Waals surface area contributed by atoms with Gasteiger partial charge in [-0.2, -0.15) is 0 Å². The van der Waals surface area contributed by atoms with E-state index in [9.17, 15) is 23.1 Å². The quantitative estimate of drug-likeness (QED) is 0.595. The lowest BCUT2D eigenvalue weighted by molar-refractivity contribution is 0.0500. The van der Waals surface area contributed by atoms with Gasteiger partial charge >= 0.3 is 12.1 Å². The number of aromatic carboxylic acids is 1. The van der Waals surface area contributed by atoms with Crippen LogP contribution in [0.3, 0.4) is 0 Å². The third-order valence-corrected chi connectivity index (χ3v) is 5.27. The first-order chi connectivity index (χ1) is 14.7. The lowest BCUT2D eigenvalue weighted by Crippen LogP contribution is -2.34. The molecule has 2 rings (SSSR count). The van der Waals surface area contributed by atoms with Gasteiger partial charge in [-0.25, -0.2) is 18.0 Å². The highest BCUT2D eigenvalue weighted by molar-refractivity contribution is 7.92. The standard InChI is InChI=1S/C20H28N4O7S/c1-7-8-24(32(6,28)29)15-10-13(9-14(11-15)18(25)26)17-23-22-16(30-17)12(2)21-19(27)31-20(3,4)5/h9-12H,7-8H2,1-6H3,(H,21,27)(H,25,26). The Labute approximate surface area is 186 Å². The number of carbonyl (C=O) groups is 2. The first-order valence-corrected chi connectivity index (χ1v) is 11.8. The van der Waals surface area contributed by atoms with E-state index in [1.807, 2.05) is 6.92 Å². The second-order valence-electron chi connectivity index (χ2n) is 8.22. The number of sulfonamides is 1. The number of aromatic nitrogens is 2. The van der Waals surface area contributed by atoms with Gasteiger partial charge in [-0.05, 0) is 52.3 Å². The highest BCUT2D eigenvalue weighted by Crippen LogP contribution is 2.29. The van der Waals surface area contributed by atoms with Crippen LogP contribution in [0.5, 0.6) is 0 Å². The summed E-state index contributed by atoms with van der Waals surface area (Å²) in [5, 5.41) is 19.9. The van der Waals surface area contributed by atoms with Gasteiger partial charge < -0.3 is 19.6 Å². The summed E-state index contributed by atoms with van der Waals surface area (Å²) in [6, 6.07) is 3.36. The number of nitrogens with zero attached hydrogens (tertiary/aromatic N) is 3. The summed E-state index contributed by atoms with van der Waals surface area (Å²) in [4.78, 5) is 23.6. The highest BCUT2D eigenvalue weighted by atomic mass is 32.2. The number of rotatable bonds is 8. The van der Waals surface area contributed by atoms with Gasteiger partial charge in [-0.3, -0.25) is 4.31 Å². The molecule has 2 N–H and O–H groups in total. The third kappa shape index (κ3) is 6.67. The summed E-state index contributed by atoms with van der Waals surface area (Å²) >= 11 is 0. The minimum absolute atomic E-state index is 0.0212. The normalized spacial score (nSPS) is 12.8. The van der Waals surface area contributed by atoms with E-state index < -0.39 is 33.7 Å². The Morgan fingerprint density at radius 1 is 1.25 bits per heavy atom. The molecular weight excluding hydrogens is 440 g/mol. The molecule has 176 valence electrons. The number of carbonyl (C=O) groups excluding carboxylic acids is 1. The van der Waals surface area contributed by atoms with Crippen LogP contribution in [0.1, 0.15) is 63.3 Å². The zero-order chi connectivity index (χ0) is 24.3. The summed E-state index contributed by atoms with van der Waals surface area (Å²) in [5.74, 6) is -1.19. The molecule has 0 aliphatic heterocycles. The topological polar surface area (TPSA) is 152 Å². The molecule has 2 aromatic rings. The molecule has 0 saturated heterocycles. The molecule has 0 radical (unpaired) electrons. The van der Waals surface area contributed by atoms with Crippen LogP contribution < -0.4 is 9.62 Å². The molecular formula is C20H28N4O7S. The Bertz CT molecular complexity index is 1090. The molecule has 1 aromatic heterocycles. The highest BCUT2D eigenvalue weighted by Gasteiger charge is 2.24. The van der Waals surface area contributed by atoms with Crippen molar-refractivity contribution in [1.29, 1.82) is 0 Å². The van der Waals surface area contributed by atoms with Crippen molar-refractivity contribution in [2.75, 3.05) is 17.1 Å². The number of hydrogen-bond donors (Lipinski definition) is 2. The van der Waals surface area contributed by atoms with Crippen LogP contribution in [0.15, 0.2) is 22.6 Å². The number of carboxylic acid groups (broad SMARTS) is 1. The maximum atomic E-state index is 12.2. The van der Waals surface area contributed by atoms with Crippen molar-refractivity contribution in [3.05, 3.63) is 29.7 Å². The van der Waals surface area contributed by atoms with Gasteiger partial charge in [0.2, 0.25) is 21.8 Å². The minimum atomic E-state index is -3.65. The van der Waals surface area contributed by atoms with E-state index in [0.29, 0.717) is 6.42 Å². The van der Waals surface area contributed by atoms with Crippen molar-refractivity contribution < 1.29 is 32.3 Å². The third-order valence-electron chi connectivity index (χ3n) is 4.07. The molecule has 1 atom stereocenters. The minimum Gasteiger partial charge on any atom is -0.478 e. The predicted octanol–water partition coefficient (Wildman–Crippen LogP) is 3.20. The summed E-state index contributed by atoms with van der Waals surface area (Å²) in [6.45, 7) is 8.79. The Hall–Kier alpha value is -3.15. The van der Waals surface area contributed by atoms with Crippen molar-refractivity contribution in [1.82, 2.24) is 15.5 Å². The molecule has 0 fully saturated rings. The summed E-state index contributed by atoms with van der Waals surface area (Å²) in [6.07, 6.45) is 0.909. The van der Waals surface area contributed by atoms with E-state index in [-0.39, 0.29) is 35.1 Å². The van der Waals surface area contributed by atoms with Crippen molar-refractivity contribution in [2.24, 2.45) is 0 Å². The van der Waals surface area contributed by atoms with Gasteiger partial charge in [0.25, 0.3) is 0 Å². The van der Waals surface area contributed by atoms with Gasteiger partial charge in [0.05, 0.1) is 17.5 Å². The fraction of sp³-hybridized carbons (Fsp3) is 0.500. The van der Waals surface area contributed by atoms with Gasteiger partial charge in [-0.1, -0.05) is 6.92 Å². The maximum absolute atomic E-state index is 12.2. The number of carboxylic acids is 1. The molecule has 12 heteroatoms. The molecule has 0 aliphatic carbocycles. The first-order valence-electron chi connectivity index (χ1n) is 9.90. The van der Waals surface area contributed by atoms with Crippen molar-refractivity contribution in [3.8, 4) is 11.5 Å². The van der Waals surface area contributed by atoms with E-state index in [4.69, 9.17) is 9.15 Å². The Balaban J connectivity index is 2.40. The van der Waals surface area contributed by atoms with Crippen LogP contribution in [-0.2, 0) is 14.8 Å². The fourth-order valence-corrected chi connectivity index (χ4v) is 3.77. The Kier molecular flexibility index (Phi) is 7.50. The fourth-order valence-electron chi connectivity index (χ4n) is 2.76. The average molecular weight is 469 g/mol. The molecule has 32 heavy (non-hydrogen) atoms. The average Bonchev–Trinajstić information content (AvgIpc) is 3.13. The molecule has 1 unspecified atom stereocenters. The van der Waals surface area contributed by atoms with Crippen molar-refractivity contribution >= 4 is 27.8 Å². The first kappa shape index (κ1) is 25.1. The van der Waals surface area contributed by atoms with Gasteiger partial charge in [0.15, 0.2) is 0 Å². The predicted molar refractivity (Wildman–Crippen MR) is 117 cm³/mol. The molecule has 1 aromatic carbocycles. The zero-order valence-corrected chi connectivity index (χ0v) is 19.7. The van der Waals surface area contributed by atoms with Crippen LogP contribution in [0.25, 0.3) is 11.5 Å².